The first-order valence-corrected chi connectivity index (χ1v) is 8.91. The molecule has 0 atom stereocenters. The molecule has 116 valence electrons. The Labute approximate surface area is 123 Å². The van der Waals surface area contributed by atoms with Gasteiger partial charge in [0, 0.05) is 0 Å². The lowest BCUT2D eigenvalue weighted by molar-refractivity contribution is 0.346. The molecule has 0 aliphatic rings. The second-order valence-corrected chi connectivity index (χ2v) is 7.84. The maximum Gasteiger partial charge on any atom is -0.0414 e. The third-order valence-corrected chi connectivity index (χ3v) is 4.18. The van der Waals surface area contributed by atoms with Crippen LogP contribution in [-0.2, 0) is 0 Å². The molecule has 0 saturated carbocycles. The SMILES string of the molecule is CC(C)CCCC(CCCC(C)C)CCCC(C)C. The minimum absolute atomic E-state index is 0.881. The van der Waals surface area contributed by atoms with Crippen LogP contribution < -0.4 is 0 Å². The van der Waals surface area contributed by atoms with E-state index in [9.17, 15) is 0 Å². The van der Waals surface area contributed by atoms with Crippen molar-refractivity contribution in [2.75, 3.05) is 0 Å². The topological polar surface area (TPSA) is 0 Å². The van der Waals surface area contributed by atoms with Crippen LogP contribution in [-0.4, -0.2) is 0 Å². The van der Waals surface area contributed by atoms with Crippen LogP contribution in [0, 0.1) is 23.7 Å². The summed E-state index contributed by atoms with van der Waals surface area (Å²) in [6.07, 6.45) is 13.1. The van der Waals surface area contributed by atoms with Gasteiger partial charge in [0.1, 0.15) is 0 Å². The van der Waals surface area contributed by atoms with Crippen LogP contribution in [0.4, 0.5) is 0 Å². The summed E-state index contributed by atoms with van der Waals surface area (Å²) in [5.41, 5.74) is 0. The Morgan fingerprint density at radius 3 is 0.895 bits per heavy atom. The van der Waals surface area contributed by atoms with Crippen LogP contribution in [0.15, 0.2) is 0 Å². The Balaban J connectivity index is 3.85. The second kappa shape index (κ2) is 11.8. The van der Waals surface area contributed by atoms with Gasteiger partial charge in [0.05, 0.1) is 0 Å². The summed E-state index contributed by atoms with van der Waals surface area (Å²) in [7, 11) is 0. The molecule has 0 fully saturated rings. The fourth-order valence-corrected chi connectivity index (χ4v) is 2.88. The van der Waals surface area contributed by atoms with Crippen LogP contribution >= 0.6 is 0 Å². The number of hydrogen-bond donors (Lipinski definition) is 0. The summed E-state index contributed by atoms with van der Waals surface area (Å²) in [5, 5.41) is 0. The molecule has 0 saturated heterocycles. The van der Waals surface area contributed by atoms with Gasteiger partial charge in [-0.05, 0) is 23.7 Å². The van der Waals surface area contributed by atoms with Gasteiger partial charge in [-0.15, -0.1) is 0 Å². The zero-order valence-corrected chi connectivity index (χ0v) is 14.7. The largest absolute Gasteiger partial charge is 0.0628 e. The van der Waals surface area contributed by atoms with Gasteiger partial charge in [-0.1, -0.05) is 99.3 Å². The van der Waals surface area contributed by atoms with Crippen molar-refractivity contribution in [3.8, 4) is 0 Å². The van der Waals surface area contributed by atoms with Crippen molar-refractivity contribution in [2.24, 2.45) is 23.7 Å². The highest BCUT2D eigenvalue weighted by Gasteiger charge is 2.10. The highest BCUT2D eigenvalue weighted by Crippen LogP contribution is 2.25. The number of rotatable bonds is 12. The van der Waals surface area contributed by atoms with Crippen LogP contribution in [0.5, 0.6) is 0 Å². The zero-order valence-electron chi connectivity index (χ0n) is 14.7. The van der Waals surface area contributed by atoms with E-state index in [4.69, 9.17) is 0 Å². The van der Waals surface area contributed by atoms with Crippen molar-refractivity contribution in [2.45, 2.75) is 99.3 Å². The molecule has 0 aromatic rings. The Hall–Kier alpha value is 0. The standard InChI is InChI=1S/C19H40/c1-16(2)10-7-13-19(14-8-11-17(3)4)15-9-12-18(5)6/h16-19H,7-15H2,1-6H3. The summed E-state index contributed by atoms with van der Waals surface area (Å²) >= 11 is 0. The molecule has 0 heterocycles. The molecular weight excluding hydrogens is 228 g/mol. The van der Waals surface area contributed by atoms with Crippen molar-refractivity contribution in [3.05, 3.63) is 0 Å². The molecule has 0 N–H and O–H groups in total. The highest BCUT2D eigenvalue weighted by atomic mass is 14.2. The molecule has 0 bridgehead atoms. The fourth-order valence-electron chi connectivity index (χ4n) is 2.88. The van der Waals surface area contributed by atoms with Crippen LogP contribution in [0.25, 0.3) is 0 Å². The van der Waals surface area contributed by atoms with Gasteiger partial charge in [-0.2, -0.15) is 0 Å². The fraction of sp³-hybridized carbons (Fsp3) is 1.00. The van der Waals surface area contributed by atoms with Gasteiger partial charge in [-0.25, -0.2) is 0 Å². The van der Waals surface area contributed by atoms with E-state index in [-0.39, 0.29) is 0 Å². The molecule has 0 rings (SSSR count). The van der Waals surface area contributed by atoms with E-state index in [0.717, 1.165) is 23.7 Å². The Bertz CT molecular complexity index is 145. The van der Waals surface area contributed by atoms with E-state index >= 15 is 0 Å². The molecule has 0 radical (unpaired) electrons. The Morgan fingerprint density at radius 1 is 0.421 bits per heavy atom. The summed E-state index contributed by atoms with van der Waals surface area (Å²) in [6.45, 7) is 14.1. The van der Waals surface area contributed by atoms with Crippen molar-refractivity contribution in [1.29, 1.82) is 0 Å². The molecule has 19 heavy (non-hydrogen) atoms. The van der Waals surface area contributed by atoms with Gasteiger partial charge in [0.2, 0.25) is 0 Å². The average Bonchev–Trinajstić information content (AvgIpc) is 2.26. The van der Waals surface area contributed by atoms with E-state index in [2.05, 4.69) is 41.5 Å². The van der Waals surface area contributed by atoms with Gasteiger partial charge in [0.25, 0.3) is 0 Å². The van der Waals surface area contributed by atoms with E-state index in [1.807, 2.05) is 0 Å². The monoisotopic (exact) mass is 268 g/mol. The first-order chi connectivity index (χ1) is 8.91. The van der Waals surface area contributed by atoms with Gasteiger partial charge < -0.3 is 0 Å². The van der Waals surface area contributed by atoms with Crippen molar-refractivity contribution in [3.63, 3.8) is 0 Å². The van der Waals surface area contributed by atoms with Crippen LogP contribution in [0.2, 0.25) is 0 Å². The normalized spacial score (nSPS) is 12.3. The molecule has 0 aliphatic heterocycles. The molecular formula is C19H40. The predicted octanol–water partition coefficient (Wildman–Crippen LogP) is 7.08. The summed E-state index contributed by atoms with van der Waals surface area (Å²) in [6, 6.07) is 0. The quantitative estimate of drug-likeness (QED) is 0.354. The first-order valence-electron chi connectivity index (χ1n) is 8.91. The molecule has 0 aliphatic carbocycles. The predicted molar refractivity (Wildman–Crippen MR) is 89.6 cm³/mol. The number of hydrogen-bond acceptors (Lipinski definition) is 0. The third kappa shape index (κ3) is 14.2. The van der Waals surface area contributed by atoms with Gasteiger partial charge in [0.15, 0.2) is 0 Å². The maximum absolute atomic E-state index is 2.35. The minimum Gasteiger partial charge on any atom is -0.0628 e. The van der Waals surface area contributed by atoms with E-state index in [1.165, 1.54) is 57.8 Å². The molecule has 0 heteroatoms. The van der Waals surface area contributed by atoms with E-state index in [1.54, 1.807) is 0 Å². The van der Waals surface area contributed by atoms with Crippen LogP contribution in [0.3, 0.4) is 0 Å². The average molecular weight is 269 g/mol. The van der Waals surface area contributed by atoms with E-state index in [0.29, 0.717) is 0 Å². The summed E-state index contributed by atoms with van der Waals surface area (Å²) in [5.74, 6) is 3.65. The molecule has 0 nitrogen and oxygen atoms in total. The highest BCUT2D eigenvalue weighted by molar-refractivity contribution is 4.63. The second-order valence-electron chi connectivity index (χ2n) is 7.84. The maximum atomic E-state index is 2.35. The van der Waals surface area contributed by atoms with Crippen molar-refractivity contribution in [1.82, 2.24) is 0 Å². The van der Waals surface area contributed by atoms with Gasteiger partial charge in [-0.3, -0.25) is 0 Å². The molecule has 0 spiro atoms. The van der Waals surface area contributed by atoms with Crippen molar-refractivity contribution >= 4 is 0 Å². The zero-order chi connectivity index (χ0) is 14.7. The Morgan fingerprint density at radius 2 is 0.684 bits per heavy atom. The summed E-state index contributed by atoms with van der Waals surface area (Å²) in [4.78, 5) is 0. The Kier molecular flexibility index (Phi) is 11.8. The van der Waals surface area contributed by atoms with Gasteiger partial charge >= 0.3 is 0 Å². The minimum atomic E-state index is 0.881. The lowest BCUT2D eigenvalue weighted by atomic mass is 9.88. The lowest BCUT2D eigenvalue weighted by Gasteiger charge is -2.18. The van der Waals surface area contributed by atoms with E-state index < -0.39 is 0 Å². The molecule has 0 amide bonds. The van der Waals surface area contributed by atoms with Crippen LogP contribution in [0.1, 0.15) is 99.3 Å². The third-order valence-electron chi connectivity index (χ3n) is 4.18. The molecule has 0 aromatic carbocycles. The first kappa shape index (κ1) is 19.0. The molecule has 0 aromatic heterocycles. The smallest absolute Gasteiger partial charge is 0.0414 e. The van der Waals surface area contributed by atoms with Crippen molar-refractivity contribution < 1.29 is 0 Å². The summed E-state index contributed by atoms with van der Waals surface area (Å²) < 4.78 is 0. The lowest BCUT2D eigenvalue weighted by Crippen LogP contribution is -2.04. The molecule has 0 unspecified atom stereocenters.